The van der Waals surface area contributed by atoms with Crippen LogP contribution in [0.2, 0.25) is 18.1 Å². The number of allylic oxidation sites excluding steroid dienone is 1. The van der Waals surface area contributed by atoms with Gasteiger partial charge in [-0.2, -0.15) is 0 Å². The van der Waals surface area contributed by atoms with E-state index in [-0.39, 0.29) is 5.04 Å². The third-order valence-electron chi connectivity index (χ3n) is 2.91. The summed E-state index contributed by atoms with van der Waals surface area (Å²) in [5.41, 5.74) is 0. The van der Waals surface area contributed by atoms with Crippen molar-refractivity contribution < 1.29 is 5.11 Å². The zero-order valence-electron chi connectivity index (χ0n) is 9.23. The molecule has 72 valence electrons. The first-order valence-electron chi connectivity index (χ1n) is 4.63. The predicted molar refractivity (Wildman–Crippen MR) is 58.2 cm³/mol. The Morgan fingerprint density at radius 3 is 2.00 bits per heavy atom. The van der Waals surface area contributed by atoms with E-state index in [9.17, 15) is 5.11 Å². The van der Waals surface area contributed by atoms with Gasteiger partial charge in [-0.15, -0.1) is 0 Å². The fourth-order valence-electron chi connectivity index (χ4n) is 0.833. The van der Waals surface area contributed by atoms with Crippen LogP contribution in [0.15, 0.2) is 11.5 Å². The Morgan fingerprint density at radius 2 is 1.75 bits per heavy atom. The van der Waals surface area contributed by atoms with Crippen molar-refractivity contribution in [1.29, 1.82) is 0 Å². The highest BCUT2D eigenvalue weighted by Crippen LogP contribution is 2.39. The molecule has 0 heterocycles. The van der Waals surface area contributed by atoms with Crippen molar-refractivity contribution in [2.45, 2.75) is 52.2 Å². The van der Waals surface area contributed by atoms with Crippen LogP contribution < -0.4 is 0 Å². The van der Waals surface area contributed by atoms with Crippen LogP contribution in [0.25, 0.3) is 0 Å². The van der Waals surface area contributed by atoms with Gasteiger partial charge in [0.25, 0.3) is 0 Å². The molecule has 12 heavy (non-hydrogen) atoms. The summed E-state index contributed by atoms with van der Waals surface area (Å²) in [7, 11) is -1.61. The van der Waals surface area contributed by atoms with E-state index in [1.807, 2.05) is 6.08 Å². The predicted octanol–water partition coefficient (Wildman–Crippen LogP) is 3.89. The van der Waals surface area contributed by atoms with E-state index < -0.39 is 8.07 Å². The maximum atomic E-state index is 9.84. The molecule has 2 heteroatoms. The van der Waals surface area contributed by atoms with Crippen molar-refractivity contribution in [3.8, 4) is 0 Å². The van der Waals surface area contributed by atoms with Gasteiger partial charge < -0.3 is 5.11 Å². The Bertz CT molecular complexity index is 175. The number of hydrogen-bond donors (Lipinski definition) is 1. The molecule has 0 saturated heterocycles. The van der Waals surface area contributed by atoms with Crippen LogP contribution >= 0.6 is 0 Å². The van der Waals surface area contributed by atoms with Crippen LogP contribution in [0.1, 0.15) is 34.1 Å². The van der Waals surface area contributed by atoms with Gasteiger partial charge in [-0.25, -0.2) is 0 Å². The Hall–Kier alpha value is -0.243. The maximum absolute atomic E-state index is 9.84. The summed E-state index contributed by atoms with van der Waals surface area (Å²) in [5.74, 6) is 0. The Labute approximate surface area is 77.5 Å². The second-order valence-corrected chi connectivity index (χ2v) is 10.1. The molecule has 0 aromatic carbocycles. The lowest BCUT2D eigenvalue weighted by Gasteiger charge is -2.35. The summed E-state index contributed by atoms with van der Waals surface area (Å²) >= 11 is 0. The van der Waals surface area contributed by atoms with Gasteiger partial charge in [0.1, 0.15) is 8.07 Å². The van der Waals surface area contributed by atoms with Gasteiger partial charge in [0.15, 0.2) is 0 Å². The Balaban J connectivity index is 4.73. The van der Waals surface area contributed by atoms with Gasteiger partial charge in [0.2, 0.25) is 0 Å². The minimum Gasteiger partial charge on any atom is -0.518 e. The second kappa shape index (κ2) is 3.65. The molecule has 1 N–H and O–H groups in total. The van der Waals surface area contributed by atoms with E-state index in [1.165, 1.54) is 0 Å². The first-order chi connectivity index (χ1) is 5.23. The van der Waals surface area contributed by atoms with Gasteiger partial charge in [0.05, 0.1) is 5.38 Å². The topological polar surface area (TPSA) is 20.2 Å². The first kappa shape index (κ1) is 11.8. The molecule has 0 aliphatic carbocycles. The fraction of sp³-hybridized carbons (Fsp3) is 0.800. The van der Waals surface area contributed by atoms with Gasteiger partial charge in [-0.1, -0.05) is 46.9 Å². The minimum atomic E-state index is -1.61. The van der Waals surface area contributed by atoms with Crippen molar-refractivity contribution in [2.75, 3.05) is 0 Å². The quantitative estimate of drug-likeness (QED) is 0.512. The molecule has 0 unspecified atom stereocenters. The van der Waals surface area contributed by atoms with Crippen molar-refractivity contribution in [3.63, 3.8) is 0 Å². The molecule has 0 aromatic rings. The zero-order chi connectivity index (χ0) is 9.99. The third-order valence-corrected chi connectivity index (χ3v) is 8.15. The standard InChI is InChI=1S/C10H22OSi/c1-7-8-9(11)12(5,6)10(2,3)4/h8,11H,7H2,1-6H3. The lowest BCUT2D eigenvalue weighted by molar-refractivity contribution is 0.434. The fourth-order valence-corrected chi connectivity index (χ4v) is 2.32. The molecule has 0 bridgehead atoms. The molecule has 0 aliphatic heterocycles. The third kappa shape index (κ3) is 2.37. The molecule has 0 radical (unpaired) electrons. The number of rotatable bonds is 2. The van der Waals surface area contributed by atoms with Gasteiger partial charge in [-0.05, 0) is 11.5 Å². The van der Waals surface area contributed by atoms with Crippen molar-refractivity contribution in [3.05, 3.63) is 11.5 Å². The van der Waals surface area contributed by atoms with Crippen LogP contribution in [0, 0.1) is 0 Å². The largest absolute Gasteiger partial charge is 0.518 e. The summed E-state index contributed by atoms with van der Waals surface area (Å²) in [5, 5.41) is 10.7. The van der Waals surface area contributed by atoms with Crippen LogP contribution in [0.5, 0.6) is 0 Å². The Morgan fingerprint density at radius 1 is 1.33 bits per heavy atom. The van der Waals surface area contributed by atoms with E-state index >= 15 is 0 Å². The normalized spacial score (nSPS) is 15.0. The minimum absolute atomic E-state index is 0.239. The highest BCUT2D eigenvalue weighted by molar-refractivity contribution is 6.86. The van der Waals surface area contributed by atoms with Gasteiger partial charge in [0, 0.05) is 0 Å². The molecule has 0 amide bonds. The average molecular weight is 186 g/mol. The summed E-state index contributed by atoms with van der Waals surface area (Å²) in [6, 6.07) is 0. The van der Waals surface area contributed by atoms with Crippen molar-refractivity contribution in [1.82, 2.24) is 0 Å². The van der Waals surface area contributed by atoms with E-state index in [2.05, 4.69) is 40.8 Å². The zero-order valence-corrected chi connectivity index (χ0v) is 10.2. The Kier molecular flexibility index (Phi) is 3.57. The second-order valence-electron chi connectivity index (χ2n) is 4.87. The van der Waals surface area contributed by atoms with Gasteiger partial charge in [-0.3, -0.25) is 0 Å². The summed E-state index contributed by atoms with van der Waals surface area (Å²) in [6.07, 6.45) is 2.88. The van der Waals surface area contributed by atoms with E-state index in [0.717, 1.165) is 6.42 Å². The molecule has 0 aromatic heterocycles. The van der Waals surface area contributed by atoms with Crippen LogP contribution in [-0.2, 0) is 0 Å². The summed E-state index contributed by atoms with van der Waals surface area (Å²) in [4.78, 5) is 0. The van der Waals surface area contributed by atoms with Crippen LogP contribution in [-0.4, -0.2) is 13.2 Å². The van der Waals surface area contributed by atoms with Crippen molar-refractivity contribution in [2.24, 2.45) is 0 Å². The molecule has 0 aliphatic rings. The molecular weight excluding hydrogens is 164 g/mol. The molecule has 1 nitrogen and oxygen atoms in total. The summed E-state index contributed by atoms with van der Waals surface area (Å²) in [6.45, 7) is 13.1. The van der Waals surface area contributed by atoms with Crippen molar-refractivity contribution >= 4 is 8.07 Å². The summed E-state index contributed by atoms with van der Waals surface area (Å²) < 4.78 is 0. The lowest BCUT2D eigenvalue weighted by atomic mass is 10.2. The SMILES string of the molecule is CCC=C(O)[Si](C)(C)C(C)(C)C. The first-order valence-corrected chi connectivity index (χ1v) is 7.63. The number of hydrogen-bond acceptors (Lipinski definition) is 1. The van der Waals surface area contributed by atoms with E-state index in [0.29, 0.717) is 5.38 Å². The van der Waals surface area contributed by atoms with E-state index in [4.69, 9.17) is 0 Å². The lowest BCUT2D eigenvalue weighted by Crippen LogP contribution is -2.39. The monoisotopic (exact) mass is 186 g/mol. The highest BCUT2D eigenvalue weighted by atomic mass is 28.3. The highest BCUT2D eigenvalue weighted by Gasteiger charge is 2.38. The maximum Gasteiger partial charge on any atom is 0.130 e. The van der Waals surface area contributed by atoms with E-state index in [1.54, 1.807) is 0 Å². The smallest absolute Gasteiger partial charge is 0.130 e. The van der Waals surface area contributed by atoms with Crippen LogP contribution in [0.3, 0.4) is 0 Å². The molecule has 0 saturated carbocycles. The molecule has 0 fully saturated rings. The number of aliphatic hydroxyl groups is 1. The number of aliphatic hydroxyl groups excluding tert-OH is 1. The molecular formula is C10H22OSi. The average Bonchev–Trinajstić information content (AvgIpc) is 1.85. The van der Waals surface area contributed by atoms with Gasteiger partial charge >= 0.3 is 0 Å². The van der Waals surface area contributed by atoms with Crippen LogP contribution in [0.4, 0.5) is 0 Å². The molecule has 0 rings (SSSR count). The molecule has 0 spiro atoms. The molecule has 0 atom stereocenters.